The Kier molecular flexibility index (Phi) is 3.06. The minimum Gasteiger partial charge on any atom is -0.488 e. The Bertz CT molecular complexity index is 603. The normalized spacial score (nSPS) is 20.7. The number of carbonyl (C=O) groups excluding carboxylic acids is 1. The molecule has 0 radical (unpaired) electrons. The van der Waals surface area contributed by atoms with E-state index < -0.39 is 15.8 Å². The van der Waals surface area contributed by atoms with Gasteiger partial charge >= 0.3 is 5.97 Å². The fraction of sp³-hybridized carbons (Fsp3) is 0.417. The van der Waals surface area contributed by atoms with Crippen molar-refractivity contribution in [3.63, 3.8) is 0 Å². The van der Waals surface area contributed by atoms with Crippen molar-refractivity contribution < 1.29 is 22.7 Å². The second-order valence-electron chi connectivity index (χ2n) is 4.32. The third kappa shape index (κ3) is 2.08. The van der Waals surface area contributed by atoms with Gasteiger partial charge in [-0.25, -0.2) is 13.2 Å². The molecule has 1 aromatic carbocycles. The lowest BCUT2D eigenvalue weighted by Crippen LogP contribution is -2.29. The van der Waals surface area contributed by atoms with Gasteiger partial charge in [-0.1, -0.05) is 0 Å². The summed E-state index contributed by atoms with van der Waals surface area (Å²) in [4.78, 5) is 11.6. The molecule has 6 heteroatoms. The summed E-state index contributed by atoms with van der Waals surface area (Å²) in [6.07, 6.45) is -0.383. The summed E-state index contributed by atoms with van der Waals surface area (Å²) in [7, 11) is -2.15. The minimum absolute atomic E-state index is 0.0617. The molecule has 1 heterocycles. The quantitative estimate of drug-likeness (QED) is 0.720. The SMILES string of the molecule is COC(=O)c1cc2c(cc1C)OC(C)CS2(=O)=O. The molecule has 0 N–H and O–H groups in total. The van der Waals surface area contributed by atoms with Crippen molar-refractivity contribution in [2.45, 2.75) is 24.8 Å². The van der Waals surface area contributed by atoms with E-state index in [-0.39, 0.29) is 22.3 Å². The van der Waals surface area contributed by atoms with Crippen molar-refractivity contribution in [3.8, 4) is 5.75 Å². The molecule has 0 aliphatic carbocycles. The van der Waals surface area contributed by atoms with Crippen LogP contribution in [0.2, 0.25) is 0 Å². The number of methoxy groups -OCH3 is 1. The van der Waals surface area contributed by atoms with Crippen molar-refractivity contribution >= 4 is 15.8 Å². The molecular weight excluding hydrogens is 256 g/mol. The third-order valence-corrected chi connectivity index (χ3v) is 4.71. The number of benzene rings is 1. The van der Waals surface area contributed by atoms with E-state index in [1.807, 2.05) is 0 Å². The second-order valence-corrected chi connectivity index (χ2v) is 6.32. The van der Waals surface area contributed by atoms with Crippen molar-refractivity contribution in [2.75, 3.05) is 12.9 Å². The van der Waals surface area contributed by atoms with Gasteiger partial charge in [0.05, 0.1) is 18.4 Å². The van der Waals surface area contributed by atoms with E-state index >= 15 is 0 Å². The number of fused-ring (bicyclic) bond motifs is 1. The fourth-order valence-electron chi connectivity index (χ4n) is 1.98. The van der Waals surface area contributed by atoms with Crippen molar-refractivity contribution in [2.24, 2.45) is 0 Å². The Hall–Kier alpha value is -1.56. The van der Waals surface area contributed by atoms with E-state index in [0.717, 1.165) is 0 Å². The van der Waals surface area contributed by atoms with Crippen LogP contribution in [0.4, 0.5) is 0 Å². The summed E-state index contributed by atoms with van der Waals surface area (Å²) in [5.74, 6) is -0.327. The predicted octanol–water partition coefficient (Wildman–Crippen LogP) is 1.34. The van der Waals surface area contributed by atoms with Gasteiger partial charge in [-0.05, 0) is 31.5 Å². The maximum absolute atomic E-state index is 12.0. The van der Waals surface area contributed by atoms with Crippen LogP contribution in [0.25, 0.3) is 0 Å². The average molecular weight is 270 g/mol. The highest BCUT2D eigenvalue weighted by Gasteiger charge is 2.31. The molecule has 1 aliphatic rings. The van der Waals surface area contributed by atoms with Gasteiger partial charge in [0.2, 0.25) is 0 Å². The van der Waals surface area contributed by atoms with Crippen LogP contribution in [0.5, 0.6) is 5.75 Å². The minimum atomic E-state index is -3.41. The molecule has 0 bridgehead atoms. The van der Waals surface area contributed by atoms with Crippen LogP contribution in [-0.2, 0) is 14.6 Å². The molecule has 0 amide bonds. The Morgan fingerprint density at radius 3 is 2.72 bits per heavy atom. The molecule has 1 atom stereocenters. The number of hydrogen-bond acceptors (Lipinski definition) is 5. The first kappa shape index (κ1) is 12.9. The van der Waals surface area contributed by atoms with Crippen LogP contribution in [0.15, 0.2) is 17.0 Å². The summed E-state index contributed by atoms with van der Waals surface area (Å²) in [5.41, 5.74) is 0.878. The number of aryl methyl sites for hydroxylation is 1. The van der Waals surface area contributed by atoms with Gasteiger partial charge in [-0.3, -0.25) is 0 Å². The number of rotatable bonds is 1. The summed E-state index contributed by atoms with van der Waals surface area (Å²) < 4.78 is 34.2. The van der Waals surface area contributed by atoms with Crippen molar-refractivity contribution in [1.82, 2.24) is 0 Å². The lowest BCUT2D eigenvalue weighted by molar-refractivity contribution is 0.0599. The zero-order chi connectivity index (χ0) is 13.5. The molecule has 0 spiro atoms. The number of esters is 1. The molecule has 1 aromatic rings. The highest BCUT2D eigenvalue weighted by atomic mass is 32.2. The van der Waals surface area contributed by atoms with Crippen LogP contribution >= 0.6 is 0 Å². The van der Waals surface area contributed by atoms with Crippen LogP contribution < -0.4 is 4.74 Å². The van der Waals surface area contributed by atoms with E-state index in [1.54, 1.807) is 19.9 Å². The van der Waals surface area contributed by atoms with Crippen LogP contribution in [0, 0.1) is 6.92 Å². The van der Waals surface area contributed by atoms with Gasteiger partial charge in [0.15, 0.2) is 9.84 Å². The van der Waals surface area contributed by atoms with Gasteiger partial charge in [0.1, 0.15) is 16.7 Å². The van der Waals surface area contributed by atoms with Gasteiger partial charge in [-0.15, -0.1) is 0 Å². The molecule has 98 valence electrons. The molecule has 1 unspecified atom stereocenters. The Labute approximate surface area is 106 Å². The smallest absolute Gasteiger partial charge is 0.338 e. The number of hydrogen-bond donors (Lipinski definition) is 0. The average Bonchev–Trinajstić information content (AvgIpc) is 2.25. The van der Waals surface area contributed by atoms with Crippen molar-refractivity contribution in [1.29, 1.82) is 0 Å². The zero-order valence-corrected chi connectivity index (χ0v) is 11.2. The Morgan fingerprint density at radius 1 is 1.44 bits per heavy atom. The van der Waals surface area contributed by atoms with Crippen molar-refractivity contribution in [3.05, 3.63) is 23.3 Å². The van der Waals surface area contributed by atoms with Gasteiger partial charge < -0.3 is 9.47 Å². The topological polar surface area (TPSA) is 69.7 Å². The van der Waals surface area contributed by atoms with Gasteiger partial charge in [0.25, 0.3) is 0 Å². The summed E-state index contributed by atoms with van der Waals surface area (Å²) >= 11 is 0. The monoisotopic (exact) mass is 270 g/mol. The molecule has 0 fully saturated rings. The van der Waals surface area contributed by atoms with E-state index in [2.05, 4.69) is 4.74 Å². The number of sulfone groups is 1. The predicted molar refractivity (Wildman–Crippen MR) is 64.7 cm³/mol. The highest BCUT2D eigenvalue weighted by molar-refractivity contribution is 7.91. The first-order valence-corrected chi connectivity index (χ1v) is 7.13. The Morgan fingerprint density at radius 2 is 2.11 bits per heavy atom. The van der Waals surface area contributed by atoms with E-state index in [1.165, 1.54) is 13.2 Å². The summed E-state index contributed by atoms with van der Waals surface area (Å²) in [5, 5.41) is 0. The van der Waals surface area contributed by atoms with E-state index in [0.29, 0.717) is 11.3 Å². The van der Waals surface area contributed by atoms with Crippen LogP contribution in [-0.4, -0.2) is 33.4 Å². The first-order chi connectivity index (χ1) is 8.35. The molecular formula is C12H14O5S. The standard InChI is InChI=1S/C12H14O5S/c1-7-4-10-11(5-9(7)12(13)16-3)18(14,15)6-8(2)17-10/h4-5,8H,6H2,1-3H3. The second kappa shape index (κ2) is 4.28. The molecule has 0 saturated heterocycles. The molecule has 5 nitrogen and oxygen atoms in total. The third-order valence-electron chi connectivity index (χ3n) is 2.81. The molecule has 18 heavy (non-hydrogen) atoms. The van der Waals surface area contributed by atoms with Crippen LogP contribution in [0.1, 0.15) is 22.8 Å². The zero-order valence-electron chi connectivity index (χ0n) is 10.4. The maximum Gasteiger partial charge on any atom is 0.338 e. The van der Waals surface area contributed by atoms with Gasteiger partial charge in [-0.2, -0.15) is 0 Å². The molecule has 0 aromatic heterocycles. The number of carbonyl (C=O) groups is 1. The fourth-order valence-corrected chi connectivity index (χ4v) is 3.55. The molecule has 1 aliphatic heterocycles. The molecule has 0 saturated carbocycles. The molecule has 2 rings (SSSR count). The van der Waals surface area contributed by atoms with Crippen LogP contribution in [0.3, 0.4) is 0 Å². The summed E-state index contributed by atoms with van der Waals surface area (Å²) in [6, 6.07) is 2.90. The lowest BCUT2D eigenvalue weighted by Gasteiger charge is -2.24. The van der Waals surface area contributed by atoms with Gasteiger partial charge in [0, 0.05) is 0 Å². The lowest BCUT2D eigenvalue weighted by atomic mass is 10.1. The highest BCUT2D eigenvalue weighted by Crippen LogP contribution is 2.33. The Balaban J connectivity index is 2.65. The van der Waals surface area contributed by atoms with E-state index in [4.69, 9.17) is 4.74 Å². The summed E-state index contributed by atoms with van der Waals surface area (Å²) in [6.45, 7) is 3.41. The largest absolute Gasteiger partial charge is 0.488 e. The maximum atomic E-state index is 12.0. The number of ether oxygens (including phenoxy) is 2. The van der Waals surface area contributed by atoms with E-state index in [9.17, 15) is 13.2 Å². The first-order valence-electron chi connectivity index (χ1n) is 5.47.